The van der Waals surface area contributed by atoms with E-state index < -0.39 is 29.3 Å². The monoisotopic (exact) mass is 526 g/mol. The number of anilines is 1. The molecule has 0 radical (unpaired) electrons. The van der Waals surface area contributed by atoms with Gasteiger partial charge in [0.05, 0.1) is 21.8 Å². The first-order chi connectivity index (χ1) is 18.4. The van der Waals surface area contributed by atoms with Gasteiger partial charge in [-0.3, -0.25) is 14.5 Å². The number of ketones is 1. The number of aliphatic hydroxyl groups excluding tert-OH is 1. The standard InChI is InChI=1S/C29H19FN2O5S/c1-2-13-36-19-10-7-16(8-11-19)25-24(26(33)22-14-17-5-3-4-6-21(17)37-22)27(34)28(35)32(25)29-31-20-12-9-18(30)15-23(20)38-29/h2-12,14-15,25,34H,1,13H2. The number of amides is 1. The summed E-state index contributed by atoms with van der Waals surface area (Å²) in [6.07, 6.45) is 1.62. The zero-order valence-electron chi connectivity index (χ0n) is 19.8. The molecule has 0 spiro atoms. The number of ether oxygens (including phenoxy) is 1. The molecule has 1 unspecified atom stereocenters. The fraction of sp³-hybridized carbons (Fsp3) is 0.0690. The zero-order chi connectivity index (χ0) is 26.4. The Labute approximate surface area is 219 Å². The number of hydrogen-bond acceptors (Lipinski definition) is 7. The van der Waals surface area contributed by atoms with Gasteiger partial charge in [0.25, 0.3) is 5.91 Å². The Morgan fingerprint density at radius 3 is 2.71 bits per heavy atom. The predicted octanol–water partition coefficient (Wildman–Crippen LogP) is 6.53. The summed E-state index contributed by atoms with van der Waals surface area (Å²) in [5, 5.41) is 12.0. The van der Waals surface area contributed by atoms with Crippen LogP contribution >= 0.6 is 11.3 Å². The number of aliphatic hydroxyl groups is 1. The number of carbonyl (C=O) groups is 2. The van der Waals surface area contributed by atoms with Crippen LogP contribution in [0, 0.1) is 5.82 Å². The topological polar surface area (TPSA) is 92.9 Å². The van der Waals surface area contributed by atoms with Crippen LogP contribution in [0.3, 0.4) is 0 Å². The fourth-order valence-electron chi connectivity index (χ4n) is 4.47. The van der Waals surface area contributed by atoms with Gasteiger partial charge in [0.1, 0.15) is 23.8 Å². The third kappa shape index (κ3) is 3.93. The molecule has 6 rings (SSSR count). The molecule has 1 amide bonds. The number of aromatic nitrogens is 1. The molecule has 3 aromatic carbocycles. The van der Waals surface area contributed by atoms with Crippen LogP contribution in [0.2, 0.25) is 0 Å². The Hall–Kier alpha value is -4.76. The quantitative estimate of drug-likeness (QED) is 0.192. The van der Waals surface area contributed by atoms with Crippen molar-refractivity contribution in [3.8, 4) is 5.75 Å². The van der Waals surface area contributed by atoms with Gasteiger partial charge in [-0.15, -0.1) is 0 Å². The summed E-state index contributed by atoms with van der Waals surface area (Å²) in [6.45, 7) is 3.95. The number of benzene rings is 3. The van der Waals surface area contributed by atoms with Crippen molar-refractivity contribution in [2.45, 2.75) is 6.04 Å². The second kappa shape index (κ2) is 9.28. The van der Waals surface area contributed by atoms with Crippen LogP contribution < -0.4 is 9.64 Å². The molecule has 188 valence electrons. The minimum Gasteiger partial charge on any atom is -0.503 e. The Morgan fingerprint density at radius 1 is 1.16 bits per heavy atom. The lowest BCUT2D eigenvalue weighted by molar-refractivity contribution is -0.117. The number of para-hydroxylation sites is 1. The van der Waals surface area contributed by atoms with Crippen LogP contribution in [0.1, 0.15) is 22.2 Å². The van der Waals surface area contributed by atoms with E-state index in [-0.39, 0.29) is 16.5 Å². The smallest absolute Gasteiger partial charge is 0.296 e. The average molecular weight is 527 g/mol. The lowest BCUT2D eigenvalue weighted by atomic mass is 9.95. The molecule has 2 aromatic heterocycles. The van der Waals surface area contributed by atoms with E-state index in [9.17, 15) is 19.1 Å². The first-order valence-electron chi connectivity index (χ1n) is 11.6. The van der Waals surface area contributed by atoms with Crippen LogP contribution in [-0.2, 0) is 4.79 Å². The molecular weight excluding hydrogens is 507 g/mol. The summed E-state index contributed by atoms with van der Waals surface area (Å²) in [5.41, 5.74) is 1.39. The average Bonchev–Trinajstić information content (AvgIpc) is 3.61. The van der Waals surface area contributed by atoms with Crippen molar-refractivity contribution in [2.75, 3.05) is 11.5 Å². The van der Waals surface area contributed by atoms with Crippen molar-refractivity contribution in [1.29, 1.82) is 0 Å². The van der Waals surface area contributed by atoms with E-state index in [2.05, 4.69) is 11.6 Å². The summed E-state index contributed by atoms with van der Waals surface area (Å²) in [6, 6.07) is 18.6. The van der Waals surface area contributed by atoms with Gasteiger partial charge in [0.2, 0.25) is 5.78 Å². The number of Topliss-reactive ketones (excluding diaryl/α,β-unsaturated/α-hetero) is 1. The van der Waals surface area contributed by atoms with Crippen molar-refractivity contribution in [1.82, 2.24) is 4.98 Å². The SMILES string of the molecule is C=CCOc1ccc(C2C(C(=O)c3cc4ccccc4o3)=C(O)C(=O)N2c2nc3ccc(F)cc3s2)cc1. The van der Waals surface area contributed by atoms with E-state index in [1.807, 2.05) is 6.07 Å². The van der Waals surface area contributed by atoms with Gasteiger partial charge in [-0.2, -0.15) is 0 Å². The highest BCUT2D eigenvalue weighted by atomic mass is 32.1. The molecule has 0 aliphatic carbocycles. The minimum atomic E-state index is -1.01. The summed E-state index contributed by atoms with van der Waals surface area (Å²) in [7, 11) is 0. The summed E-state index contributed by atoms with van der Waals surface area (Å²) in [4.78, 5) is 33.0. The summed E-state index contributed by atoms with van der Waals surface area (Å²) >= 11 is 1.09. The number of furan rings is 1. The highest BCUT2D eigenvalue weighted by molar-refractivity contribution is 7.22. The van der Waals surface area contributed by atoms with Crippen molar-refractivity contribution in [3.05, 3.63) is 114 Å². The lowest BCUT2D eigenvalue weighted by Gasteiger charge is -2.24. The third-order valence-electron chi connectivity index (χ3n) is 6.21. The first-order valence-corrected chi connectivity index (χ1v) is 12.5. The number of hydrogen-bond donors (Lipinski definition) is 1. The van der Waals surface area contributed by atoms with E-state index in [0.717, 1.165) is 11.3 Å². The van der Waals surface area contributed by atoms with Crippen molar-refractivity contribution in [2.24, 2.45) is 0 Å². The number of thiazole rings is 1. The van der Waals surface area contributed by atoms with E-state index >= 15 is 0 Å². The van der Waals surface area contributed by atoms with Gasteiger partial charge < -0.3 is 14.3 Å². The van der Waals surface area contributed by atoms with Crippen molar-refractivity contribution < 1.29 is 28.2 Å². The van der Waals surface area contributed by atoms with Gasteiger partial charge in [0.15, 0.2) is 16.7 Å². The number of rotatable bonds is 7. The second-order valence-corrected chi connectivity index (χ2v) is 9.60. The molecule has 0 fully saturated rings. The van der Waals surface area contributed by atoms with Crippen LogP contribution in [0.15, 0.2) is 101 Å². The minimum absolute atomic E-state index is 0.00953. The molecule has 0 bridgehead atoms. The maximum atomic E-state index is 13.9. The lowest BCUT2D eigenvalue weighted by Crippen LogP contribution is -2.30. The van der Waals surface area contributed by atoms with E-state index in [1.54, 1.807) is 54.6 Å². The maximum Gasteiger partial charge on any atom is 0.296 e. The predicted molar refractivity (Wildman–Crippen MR) is 142 cm³/mol. The second-order valence-electron chi connectivity index (χ2n) is 8.59. The van der Waals surface area contributed by atoms with E-state index in [1.165, 1.54) is 23.1 Å². The van der Waals surface area contributed by atoms with Gasteiger partial charge >= 0.3 is 0 Å². The van der Waals surface area contributed by atoms with Crippen molar-refractivity contribution in [3.63, 3.8) is 0 Å². The molecule has 38 heavy (non-hydrogen) atoms. The fourth-order valence-corrected chi connectivity index (χ4v) is 5.48. The van der Waals surface area contributed by atoms with Crippen LogP contribution in [0.4, 0.5) is 9.52 Å². The molecule has 1 N–H and O–H groups in total. The number of fused-ring (bicyclic) bond motifs is 2. The molecule has 5 aromatic rings. The summed E-state index contributed by atoms with van der Waals surface area (Å²) < 4.78 is 25.7. The number of carbonyl (C=O) groups excluding carboxylic acids is 2. The van der Waals surface area contributed by atoms with Crippen LogP contribution in [0.5, 0.6) is 5.75 Å². The van der Waals surface area contributed by atoms with Crippen molar-refractivity contribution >= 4 is 49.3 Å². The Morgan fingerprint density at radius 2 is 1.95 bits per heavy atom. The molecule has 0 saturated carbocycles. The zero-order valence-corrected chi connectivity index (χ0v) is 20.6. The van der Waals surface area contributed by atoms with Gasteiger partial charge in [0, 0.05) is 5.39 Å². The molecule has 1 aliphatic rings. The summed E-state index contributed by atoms with van der Waals surface area (Å²) in [5.74, 6) is -1.99. The van der Waals surface area contributed by atoms with E-state index in [4.69, 9.17) is 9.15 Å². The third-order valence-corrected chi connectivity index (χ3v) is 7.23. The molecule has 7 nitrogen and oxygen atoms in total. The normalized spacial score (nSPS) is 15.6. The number of nitrogens with zero attached hydrogens (tertiary/aromatic N) is 2. The van der Waals surface area contributed by atoms with Gasteiger partial charge in [-0.1, -0.05) is 54.3 Å². The van der Waals surface area contributed by atoms with Crippen LogP contribution in [0.25, 0.3) is 21.2 Å². The number of halogens is 1. The molecule has 9 heteroatoms. The highest BCUT2D eigenvalue weighted by Gasteiger charge is 2.46. The molecule has 0 saturated heterocycles. The highest BCUT2D eigenvalue weighted by Crippen LogP contribution is 2.44. The first kappa shape index (κ1) is 23.6. The maximum absolute atomic E-state index is 13.9. The molecular formula is C29H19FN2O5S. The molecule has 1 aliphatic heterocycles. The Kier molecular flexibility index (Phi) is 5.77. The van der Waals surface area contributed by atoms with Gasteiger partial charge in [-0.05, 0) is 48.0 Å². The Balaban J connectivity index is 1.48. The van der Waals surface area contributed by atoms with E-state index in [0.29, 0.717) is 39.1 Å². The Bertz CT molecular complexity index is 1740. The molecule has 3 heterocycles. The largest absolute Gasteiger partial charge is 0.503 e. The van der Waals surface area contributed by atoms with Crippen LogP contribution in [-0.4, -0.2) is 28.4 Å². The molecule has 1 atom stereocenters. The van der Waals surface area contributed by atoms with Gasteiger partial charge in [-0.25, -0.2) is 9.37 Å².